The molecule has 0 radical (unpaired) electrons. The van der Waals surface area contributed by atoms with E-state index in [4.69, 9.17) is 19.9 Å². The first-order chi connectivity index (χ1) is 25.4. The Labute approximate surface area is 307 Å². The molecule has 8 nitrogen and oxygen atoms in total. The van der Waals surface area contributed by atoms with Gasteiger partial charge in [-0.25, -0.2) is 0 Å². The Balaban J connectivity index is 1.27. The molecule has 4 heterocycles. The van der Waals surface area contributed by atoms with Crippen molar-refractivity contribution < 1.29 is 24.4 Å². The fourth-order valence-electron chi connectivity index (χ4n) is 9.16. The van der Waals surface area contributed by atoms with E-state index in [2.05, 4.69) is 71.7 Å². The van der Waals surface area contributed by atoms with Gasteiger partial charge < -0.3 is 40.0 Å². The minimum atomic E-state index is -0.508. The molecule has 1 unspecified atom stereocenters. The van der Waals surface area contributed by atoms with Crippen LogP contribution in [0.3, 0.4) is 0 Å². The lowest BCUT2D eigenvalue weighted by Crippen LogP contribution is -2.47. The summed E-state index contributed by atoms with van der Waals surface area (Å²) in [6.07, 6.45) is 16.6. The van der Waals surface area contributed by atoms with Crippen LogP contribution in [0.15, 0.2) is 84.7 Å². The van der Waals surface area contributed by atoms with Crippen LogP contribution in [0.5, 0.6) is 11.5 Å². The molecule has 4 bridgehead atoms. The summed E-state index contributed by atoms with van der Waals surface area (Å²) in [5.41, 5.74) is 13.5. The van der Waals surface area contributed by atoms with E-state index in [0.717, 1.165) is 91.5 Å². The number of ether oxygens (including phenoxy) is 3. The Morgan fingerprint density at radius 1 is 1.00 bits per heavy atom. The van der Waals surface area contributed by atoms with Gasteiger partial charge in [0.25, 0.3) is 0 Å². The van der Waals surface area contributed by atoms with E-state index in [0.29, 0.717) is 37.5 Å². The molecular formula is C44H53N3O5. The Bertz CT molecular complexity index is 1960. The van der Waals surface area contributed by atoms with E-state index in [1.807, 2.05) is 18.2 Å². The van der Waals surface area contributed by atoms with Crippen LogP contribution in [-0.4, -0.2) is 53.0 Å². The first-order valence-corrected chi connectivity index (χ1v) is 19.4. The quantitative estimate of drug-likeness (QED) is 0.160. The van der Waals surface area contributed by atoms with Crippen molar-refractivity contribution in [2.45, 2.75) is 102 Å². The summed E-state index contributed by atoms with van der Waals surface area (Å²) in [5.74, 6) is 1.82. The number of aliphatic hydroxyl groups is 1. The summed E-state index contributed by atoms with van der Waals surface area (Å²) in [6, 6.07) is 19.3. The number of aliphatic hydroxyl groups excluding tert-OH is 1. The lowest BCUT2D eigenvalue weighted by molar-refractivity contribution is 0.00498. The average Bonchev–Trinajstić information content (AvgIpc) is 3.60. The number of aryl methyl sites for hydroxylation is 2. The lowest BCUT2D eigenvalue weighted by atomic mass is 9.57. The van der Waals surface area contributed by atoms with Crippen LogP contribution in [0.2, 0.25) is 0 Å². The number of nitrogens with zero attached hydrogens (tertiary/aromatic N) is 1. The highest BCUT2D eigenvalue weighted by Crippen LogP contribution is 2.51. The molecule has 1 saturated heterocycles. The normalized spacial score (nSPS) is 26.4. The van der Waals surface area contributed by atoms with Crippen LogP contribution in [0, 0.1) is 5.92 Å². The molecule has 8 rings (SSSR count). The maximum Gasteiger partial charge on any atom is 0.161 e. The Hall–Kier alpha value is -4.08. The fraction of sp³-hybridized carbons (Fsp3) is 0.455. The highest BCUT2D eigenvalue weighted by molar-refractivity contribution is 5.88. The number of unbranched alkanes of at least 4 members (excludes halogenated alkanes) is 2. The van der Waals surface area contributed by atoms with E-state index in [1.165, 1.54) is 16.7 Å². The first-order valence-electron chi connectivity index (χ1n) is 19.4. The van der Waals surface area contributed by atoms with Gasteiger partial charge in [-0.15, -0.1) is 0 Å². The van der Waals surface area contributed by atoms with Gasteiger partial charge in [-0.1, -0.05) is 68.7 Å². The predicted octanol–water partition coefficient (Wildman–Crippen LogP) is 7.47. The third kappa shape index (κ3) is 6.90. The molecule has 1 aliphatic carbocycles. The van der Waals surface area contributed by atoms with Crippen LogP contribution in [0.25, 0.3) is 16.6 Å². The number of aromatic nitrogens is 1. The third-order valence-corrected chi connectivity index (χ3v) is 12.0. The van der Waals surface area contributed by atoms with Crippen LogP contribution in [0.1, 0.15) is 86.1 Å². The molecule has 3 aromatic carbocycles. The van der Waals surface area contributed by atoms with Gasteiger partial charge in [0.05, 0.1) is 31.6 Å². The van der Waals surface area contributed by atoms with Crippen LogP contribution < -0.4 is 15.8 Å². The van der Waals surface area contributed by atoms with Gasteiger partial charge >= 0.3 is 0 Å². The van der Waals surface area contributed by atoms with Gasteiger partial charge in [-0.05, 0) is 103 Å². The zero-order valence-corrected chi connectivity index (χ0v) is 30.4. The highest BCUT2D eigenvalue weighted by atomic mass is 16.5. The van der Waals surface area contributed by atoms with Gasteiger partial charge in [0.2, 0.25) is 0 Å². The molecule has 5 atom stereocenters. The van der Waals surface area contributed by atoms with Gasteiger partial charge in [0, 0.05) is 40.8 Å². The second kappa shape index (κ2) is 15.1. The summed E-state index contributed by atoms with van der Waals surface area (Å²) in [5, 5.41) is 27.9. The molecule has 4 aliphatic rings. The number of fused-ring (bicyclic) bond motifs is 7. The SMILES string of the molecule is CCCCC[C@H]1C[C@H](O)CCc2ccc(O)c(c2)OCc2cc([C@@]34CCOC[C@H]3CCc3ccccc34)cc3cn(cc23)C2=C(C=CC(N)N2)CO1. The molecule has 0 saturated carbocycles. The first kappa shape index (κ1) is 35.0. The summed E-state index contributed by atoms with van der Waals surface area (Å²) >= 11 is 0. The van der Waals surface area contributed by atoms with Crippen molar-refractivity contribution in [2.75, 3.05) is 19.8 Å². The monoisotopic (exact) mass is 703 g/mol. The Kier molecular flexibility index (Phi) is 10.2. The number of aromatic hydroxyl groups is 1. The molecule has 1 aromatic heterocycles. The molecule has 5 N–H and O–H groups in total. The Morgan fingerprint density at radius 3 is 2.81 bits per heavy atom. The van der Waals surface area contributed by atoms with Gasteiger partial charge in [0.15, 0.2) is 11.5 Å². The summed E-state index contributed by atoms with van der Waals surface area (Å²) in [4.78, 5) is 0. The molecule has 0 spiro atoms. The van der Waals surface area contributed by atoms with Crippen molar-refractivity contribution >= 4 is 16.6 Å². The number of dihydropyridines is 1. The molecule has 52 heavy (non-hydrogen) atoms. The molecule has 8 heteroatoms. The highest BCUT2D eigenvalue weighted by Gasteiger charge is 2.47. The molecule has 274 valence electrons. The van der Waals surface area contributed by atoms with Gasteiger partial charge in [-0.2, -0.15) is 0 Å². The van der Waals surface area contributed by atoms with Crippen LogP contribution in [-0.2, 0) is 34.3 Å². The smallest absolute Gasteiger partial charge is 0.161 e. The standard InChI is InChI=1S/C44H53N3O5/c1-2-3-4-8-37-23-36(48)15-10-29-11-16-40(49)41(20-29)52-27-33-22-35(44-18-19-50-28-34(44)14-12-30-7-5-6-9-39(30)44)21-32-24-47(25-38(32)33)43-31(26-51-37)13-17-42(45)46-43/h5-7,9,11,13,16-17,20-22,24-25,34,36-37,42,46,48-49H,2-4,8,10,12,14-15,18-19,23,26-28,45H2,1H3/t34-,36-,37+,42?,44-/m1/s1. The predicted molar refractivity (Wildman–Crippen MR) is 205 cm³/mol. The lowest BCUT2D eigenvalue weighted by Gasteiger charge is -2.49. The number of nitrogens with two attached hydrogens (primary N) is 1. The Morgan fingerprint density at radius 2 is 1.90 bits per heavy atom. The second-order valence-corrected chi connectivity index (χ2v) is 15.3. The zero-order chi connectivity index (χ0) is 35.7. The van der Waals surface area contributed by atoms with Gasteiger partial charge in [0.1, 0.15) is 12.4 Å². The number of nitrogens with one attached hydrogen (secondary N) is 1. The van der Waals surface area contributed by atoms with Crippen LogP contribution in [0.4, 0.5) is 0 Å². The summed E-state index contributed by atoms with van der Waals surface area (Å²) in [6.45, 7) is 4.37. The van der Waals surface area contributed by atoms with Crippen molar-refractivity contribution in [1.29, 1.82) is 0 Å². The molecule has 1 fully saturated rings. The van der Waals surface area contributed by atoms with Crippen molar-refractivity contribution in [3.8, 4) is 11.5 Å². The van der Waals surface area contributed by atoms with Crippen molar-refractivity contribution in [3.63, 3.8) is 0 Å². The van der Waals surface area contributed by atoms with Crippen LogP contribution >= 0.6 is 0 Å². The number of rotatable bonds is 5. The molecule has 3 aliphatic heterocycles. The van der Waals surface area contributed by atoms with E-state index >= 15 is 0 Å². The molecular weight excluding hydrogens is 651 g/mol. The third-order valence-electron chi connectivity index (χ3n) is 12.0. The van der Waals surface area contributed by atoms with E-state index < -0.39 is 6.10 Å². The van der Waals surface area contributed by atoms with E-state index in [-0.39, 0.29) is 30.0 Å². The second-order valence-electron chi connectivity index (χ2n) is 15.3. The number of phenolic OH excluding ortho intramolecular Hbond substituents is 1. The summed E-state index contributed by atoms with van der Waals surface area (Å²) in [7, 11) is 0. The van der Waals surface area contributed by atoms with E-state index in [9.17, 15) is 10.2 Å². The fourth-order valence-corrected chi connectivity index (χ4v) is 9.16. The topological polar surface area (TPSA) is 111 Å². The van der Waals surface area contributed by atoms with Crippen molar-refractivity contribution in [1.82, 2.24) is 9.88 Å². The number of benzene rings is 3. The molecule has 4 aromatic rings. The number of hydrogen-bond donors (Lipinski definition) is 4. The number of hydrogen-bond acceptors (Lipinski definition) is 7. The average molecular weight is 704 g/mol. The largest absolute Gasteiger partial charge is 0.504 e. The minimum absolute atomic E-state index is 0.0696. The van der Waals surface area contributed by atoms with Gasteiger partial charge in [-0.3, -0.25) is 0 Å². The number of phenols is 1. The minimum Gasteiger partial charge on any atom is -0.504 e. The maximum atomic E-state index is 11.2. The van der Waals surface area contributed by atoms with Crippen molar-refractivity contribution in [3.05, 3.63) is 113 Å². The van der Waals surface area contributed by atoms with Crippen molar-refractivity contribution in [2.24, 2.45) is 11.7 Å². The zero-order valence-electron chi connectivity index (χ0n) is 30.4. The summed E-state index contributed by atoms with van der Waals surface area (Å²) < 4.78 is 21.4. The maximum absolute atomic E-state index is 11.2. The molecule has 0 amide bonds. The van der Waals surface area contributed by atoms with E-state index in [1.54, 1.807) is 6.07 Å².